The van der Waals surface area contributed by atoms with E-state index in [1.165, 1.54) is 0 Å². The number of allylic oxidation sites excluding steroid dienone is 1. The van der Waals surface area contributed by atoms with Crippen LogP contribution in [0.5, 0.6) is 0 Å². The molecule has 0 amide bonds. The smallest absolute Gasteiger partial charge is 0.248 e. The van der Waals surface area contributed by atoms with E-state index in [4.69, 9.17) is 11.6 Å². The van der Waals surface area contributed by atoms with Gasteiger partial charge in [0, 0.05) is 27.6 Å². The van der Waals surface area contributed by atoms with Gasteiger partial charge in [0.2, 0.25) is 5.95 Å². The zero-order valence-electron chi connectivity index (χ0n) is 10.8. The van der Waals surface area contributed by atoms with Crippen molar-refractivity contribution in [2.24, 2.45) is 0 Å². The lowest BCUT2D eigenvalue weighted by Gasteiger charge is -2.31. The summed E-state index contributed by atoms with van der Waals surface area (Å²) in [6.07, 6.45) is 0. The SMILES string of the molecule is O=C1CSCC2=C1C(c1ccccc1Cl)n1nnnc1N2. The van der Waals surface area contributed by atoms with E-state index in [9.17, 15) is 4.79 Å². The van der Waals surface area contributed by atoms with E-state index >= 15 is 0 Å². The number of fused-ring (bicyclic) bond motifs is 1. The van der Waals surface area contributed by atoms with Crippen LogP contribution in [0.25, 0.3) is 0 Å². The van der Waals surface area contributed by atoms with Crippen LogP contribution in [0.3, 0.4) is 0 Å². The second kappa shape index (κ2) is 4.85. The molecule has 0 aliphatic carbocycles. The molecule has 0 spiro atoms. The molecule has 0 saturated carbocycles. The Kier molecular flexibility index (Phi) is 2.97. The van der Waals surface area contributed by atoms with E-state index in [-0.39, 0.29) is 11.8 Å². The molecule has 8 heteroatoms. The summed E-state index contributed by atoms with van der Waals surface area (Å²) in [5.41, 5.74) is 2.42. The molecule has 0 radical (unpaired) electrons. The van der Waals surface area contributed by atoms with Crippen LogP contribution in [0.4, 0.5) is 5.95 Å². The summed E-state index contributed by atoms with van der Waals surface area (Å²) in [6, 6.07) is 7.11. The molecule has 2 aliphatic heterocycles. The Labute approximate surface area is 129 Å². The fourth-order valence-corrected chi connectivity index (χ4v) is 3.80. The summed E-state index contributed by atoms with van der Waals surface area (Å²) < 4.78 is 1.62. The predicted molar refractivity (Wildman–Crippen MR) is 80.4 cm³/mol. The van der Waals surface area contributed by atoms with Crippen molar-refractivity contribution < 1.29 is 4.79 Å². The van der Waals surface area contributed by atoms with Crippen molar-refractivity contribution in [2.75, 3.05) is 16.8 Å². The van der Waals surface area contributed by atoms with E-state index in [1.807, 2.05) is 24.3 Å². The number of aromatic nitrogens is 4. The lowest BCUT2D eigenvalue weighted by Crippen LogP contribution is -2.33. The Hall–Kier alpha value is -1.86. The lowest BCUT2D eigenvalue weighted by molar-refractivity contribution is -0.113. The Morgan fingerprint density at radius 3 is 3.05 bits per heavy atom. The molecular weight excluding hydrogens is 310 g/mol. The van der Waals surface area contributed by atoms with Crippen molar-refractivity contribution in [3.8, 4) is 0 Å². The molecule has 4 rings (SSSR count). The van der Waals surface area contributed by atoms with E-state index in [0.717, 1.165) is 17.0 Å². The molecule has 6 nitrogen and oxygen atoms in total. The third kappa shape index (κ3) is 1.96. The van der Waals surface area contributed by atoms with Gasteiger partial charge in [0.1, 0.15) is 6.04 Å². The van der Waals surface area contributed by atoms with Crippen LogP contribution in [0, 0.1) is 0 Å². The quantitative estimate of drug-likeness (QED) is 0.865. The zero-order valence-corrected chi connectivity index (χ0v) is 12.4. The van der Waals surface area contributed by atoms with Crippen molar-refractivity contribution in [3.63, 3.8) is 0 Å². The highest BCUT2D eigenvalue weighted by Gasteiger charge is 2.37. The molecule has 21 heavy (non-hydrogen) atoms. The number of benzene rings is 1. The summed E-state index contributed by atoms with van der Waals surface area (Å²) in [6.45, 7) is 0. The van der Waals surface area contributed by atoms with Crippen molar-refractivity contribution in [1.82, 2.24) is 20.2 Å². The molecule has 3 heterocycles. The molecule has 1 N–H and O–H groups in total. The minimum absolute atomic E-state index is 0.0971. The molecule has 2 aliphatic rings. The molecule has 0 bridgehead atoms. The number of hydrogen-bond acceptors (Lipinski definition) is 6. The number of thioether (sulfide) groups is 1. The fourth-order valence-electron chi connectivity index (χ4n) is 2.68. The molecule has 2 aromatic rings. The van der Waals surface area contributed by atoms with Crippen molar-refractivity contribution >= 4 is 35.1 Å². The molecule has 1 aromatic heterocycles. The van der Waals surface area contributed by atoms with Gasteiger partial charge in [-0.2, -0.15) is 4.68 Å². The summed E-state index contributed by atoms with van der Waals surface area (Å²) in [4.78, 5) is 12.4. The number of rotatable bonds is 1. The highest BCUT2D eigenvalue weighted by molar-refractivity contribution is 8.00. The van der Waals surface area contributed by atoms with E-state index in [1.54, 1.807) is 16.4 Å². The number of Topliss-reactive ketones (excluding diaryl/α,β-unsaturated/α-hetero) is 1. The first-order valence-corrected chi connectivity index (χ1v) is 7.92. The molecule has 106 valence electrons. The van der Waals surface area contributed by atoms with Gasteiger partial charge in [-0.05, 0) is 16.5 Å². The second-order valence-corrected chi connectivity index (χ2v) is 6.20. The van der Waals surface area contributed by atoms with Crippen LogP contribution >= 0.6 is 23.4 Å². The van der Waals surface area contributed by atoms with Crippen LogP contribution < -0.4 is 5.32 Å². The number of hydrogen-bond donors (Lipinski definition) is 1. The highest BCUT2D eigenvalue weighted by Crippen LogP contribution is 2.40. The standard InChI is InChI=1S/C13H10ClN5OS/c14-8-4-2-1-3-7(8)12-11-9(5-21-6-10(11)20)15-13-16-17-18-19(12)13/h1-4,12H,5-6H2,(H,15,16,18). The Bertz CT molecular complexity index is 771. The number of carbonyl (C=O) groups is 1. The number of halogens is 1. The van der Waals surface area contributed by atoms with Gasteiger partial charge in [0.05, 0.1) is 5.75 Å². The minimum Gasteiger partial charge on any atom is -0.325 e. The van der Waals surface area contributed by atoms with E-state index < -0.39 is 0 Å². The third-order valence-corrected chi connectivity index (χ3v) is 4.88. The van der Waals surface area contributed by atoms with Gasteiger partial charge in [-0.15, -0.1) is 11.8 Å². The van der Waals surface area contributed by atoms with Crippen LogP contribution in [0.15, 0.2) is 35.5 Å². The van der Waals surface area contributed by atoms with Gasteiger partial charge in [-0.3, -0.25) is 4.79 Å². The summed E-state index contributed by atoms with van der Waals surface area (Å²) >= 11 is 7.92. The number of nitrogens with one attached hydrogen (secondary N) is 1. The van der Waals surface area contributed by atoms with Crippen LogP contribution in [0.2, 0.25) is 5.02 Å². The van der Waals surface area contributed by atoms with E-state index in [0.29, 0.717) is 22.3 Å². The van der Waals surface area contributed by atoms with Gasteiger partial charge < -0.3 is 5.32 Å². The largest absolute Gasteiger partial charge is 0.325 e. The maximum atomic E-state index is 12.4. The number of carbonyl (C=O) groups excluding carboxylic acids is 1. The summed E-state index contributed by atoms with van der Waals surface area (Å²) in [5, 5.41) is 15.4. The first kappa shape index (κ1) is 12.8. The van der Waals surface area contributed by atoms with Crippen LogP contribution in [0.1, 0.15) is 11.6 Å². The van der Waals surface area contributed by atoms with E-state index in [2.05, 4.69) is 20.8 Å². The first-order valence-electron chi connectivity index (χ1n) is 6.39. The molecule has 0 saturated heterocycles. The minimum atomic E-state index is -0.367. The van der Waals surface area contributed by atoms with Crippen molar-refractivity contribution in [2.45, 2.75) is 6.04 Å². The van der Waals surface area contributed by atoms with Gasteiger partial charge in [-0.1, -0.05) is 34.9 Å². The van der Waals surface area contributed by atoms with Crippen LogP contribution in [-0.2, 0) is 4.79 Å². The predicted octanol–water partition coefficient (Wildman–Crippen LogP) is 1.91. The van der Waals surface area contributed by atoms with Gasteiger partial charge in [0.15, 0.2) is 5.78 Å². The number of nitrogens with zero attached hydrogens (tertiary/aromatic N) is 4. The summed E-state index contributed by atoms with van der Waals surface area (Å²) in [7, 11) is 0. The lowest BCUT2D eigenvalue weighted by atomic mass is 9.93. The Morgan fingerprint density at radius 1 is 1.33 bits per heavy atom. The van der Waals surface area contributed by atoms with Gasteiger partial charge in [-0.25, -0.2) is 0 Å². The molecule has 0 fully saturated rings. The maximum Gasteiger partial charge on any atom is 0.248 e. The fraction of sp³-hybridized carbons (Fsp3) is 0.231. The average molecular weight is 320 g/mol. The Morgan fingerprint density at radius 2 is 2.19 bits per heavy atom. The number of ketones is 1. The molecule has 1 atom stereocenters. The zero-order chi connectivity index (χ0) is 14.4. The number of tetrazole rings is 1. The van der Waals surface area contributed by atoms with Crippen molar-refractivity contribution in [1.29, 1.82) is 0 Å². The number of anilines is 1. The molecular formula is C13H10ClN5OS. The monoisotopic (exact) mass is 319 g/mol. The molecule has 1 unspecified atom stereocenters. The topological polar surface area (TPSA) is 72.7 Å². The summed E-state index contributed by atoms with van der Waals surface area (Å²) in [5.74, 6) is 1.85. The average Bonchev–Trinajstić information content (AvgIpc) is 2.94. The third-order valence-electron chi connectivity index (χ3n) is 3.58. The normalized spacial score (nSPS) is 20.8. The first-order chi connectivity index (χ1) is 10.3. The van der Waals surface area contributed by atoms with Crippen molar-refractivity contribution in [3.05, 3.63) is 46.1 Å². The Balaban J connectivity index is 1.96. The highest BCUT2D eigenvalue weighted by atomic mass is 35.5. The second-order valence-electron chi connectivity index (χ2n) is 4.80. The molecule has 1 aromatic carbocycles. The van der Waals surface area contributed by atoms with Crippen LogP contribution in [-0.4, -0.2) is 37.5 Å². The van der Waals surface area contributed by atoms with Gasteiger partial charge >= 0.3 is 0 Å². The van der Waals surface area contributed by atoms with Gasteiger partial charge in [0.25, 0.3) is 0 Å². The maximum absolute atomic E-state index is 12.4.